The van der Waals surface area contributed by atoms with E-state index in [4.69, 9.17) is 11.6 Å². The summed E-state index contributed by atoms with van der Waals surface area (Å²) in [4.78, 5) is 13.7. The van der Waals surface area contributed by atoms with Gasteiger partial charge in [0.15, 0.2) is 0 Å². The van der Waals surface area contributed by atoms with Crippen LogP contribution in [0.15, 0.2) is 0 Å². The number of carbonyl (C=O) groups is 1. The molecule has 0 aromatic heterocycles. The molecule has 1 aliphatic heterocycles. The van der Waals surface area contributed by atoms with E-state index in [1.54, 1.807) is 0 Å². The highest BCUT2D eigenvalue weighted by molar-refractivity contribution is 6.20. The minimum absolute atomic E-state index is 0.0797. The fraction of sp³-hybridized carbons (Fsp3) is 0.909. The average Bonchev–Trinajstić information content (AvgIpc) is 2.01. The van der Waals surface area contributed by atoms with Gasteiger partial charge in [-0.25, -0.2) is 0 Å². The molecular weight excluding hydrogens is 198 g/mol. The first kappa shape index (κ1) is 11.8. The molecule has 0 bridgehead atoms. The highest BCUT2D eigenvalue weighted by Gasteiger charge is 2.25. The zero-order valence-corrected chi connectivity index (χ0v) is 10.1. The van der Waals surface area contributed by atoms with Crippen molar-refractivity contribution >= 4 is 17.5 Å². The number of piperidine rings is 1. The number of carbonyl (C=O) groups excluding carboxylic acids is 1. The van der Waals surface area contributed by atoms with E-state index in [1.165, 1.54) is 0 Å². The lowest BCUT2D eigenvalue weighted by Gasteiger charge is -2.32. The summed E-state index contributed by atoms with van der Waals surface area (Å²) in [6.07, 6.45) is 2.71. The van der Waals surface area contributed by atoms with Gasteiger partial charge < -0.3 is 4.90 Å². The summed E-state index contributed by atoms with van der Waals surface area (Å²) < 4.78 is 0. The molecule has 0 radical (unpaired) electrons. The third-order valence-corrected chi connectivity index (χ3v) is 2.75. The third kappa shape index (κ3) is 3.87. The minimum Gasteiger partial charge on any atom is -0.341 e. The Morgan fingerprint density at radius 3 is 2.64 bits per heavy atom. The average molecular weight is 218 g/mol. The Labute approximate surface area is 91.6 Å². The Kier molecular flexibility index (Phi) is 3.82. The molecule has 1 heterocycles. The molecule has 0 saturated carbocycles. The second-order valence-corrected chi connectivity index (χ2v) is 5.93. The molecule has 0 aliphatic carbocycles. The number of amides is 1. The van der Waals surface area contributed by atoms with Crippen LogP contribution in [0.25, 0.3) is 0 Å². The summed E-state index contributed by atoms with van der Waals surface area (Å²) >= 11 is 6.03. The van der Waals surface area contributed by atoms with E-state index in [9.17, 15) is 4.79 Å². The Morgan fingerprint density at radius 1 is 1.50 bits per heavy atom. The first-order valence-corrected chi connectivity index (χ1v) is 5.74. The summed E-state index contributed by atoms with van der Waals surface area (Å²) in [5.41, 5.74) is 0.0797. The van der Waals surface area contributed by atoms with Crippen LogP contribution in [0.1, 0.15) is 40.0 Å². The lowest BCUT2D eigenvalue weighted by atomic mass is 9.91. The largest absolute Gasteiger partial charge is 0.341 e. The van der Waals surface area contributed by atoms with Crippen LogP contribution in [0.3, 0.4) is 0 Å². The van der Waals surface area contributed by atoms with Gasteiger partial charge >= 0.3 is 0 Å². The summed E-state index contributed by atoms with van der Waals surface area (Å²) in [6, 6.07) is 0. The molecule has 0 aromatic carbocycles. The van der Waals surface area contributed by atoms with Crippen LogP contribution in [0.5, 0.6) is 0 Å². The number of rotatable bonds is 1. The molecule has 1 atom stereocenters. The number of nitrogens with zero attached hydrogens (tertiary/aromatic N) is 1. The molecule has 1 unspecified atom stereocenters. The molecule has 1 amide bonds. The van der Waals surface area contributed by atoms with Crippen LogP contribution in [0.4, 0.5) is 0 Å². The zero-order valence-electron chi connectivity index (χ0n) is 9.35. The standard InChI is InChI=1S/C11H20ClNO/c1-11(2,3)7-10(14)13-6-4-5-9(12)8-13/h9H,4-8H2,1-3H3. The van der Waals surface area contributed by atoms with Gasteiger partial charge in [-0.2, -0.15) is 0 Å². The van der Waals surface area contributed by atoms with E-state index in [0.29, 0.717) is 6.42 Å². The molecule has 14 heavy (non-hydrogen) atoms. The smallest absolute Gasteiger partial charge is 0.223 e. The van der Waals surface area contributed by atoms with E-state index >= 15 is 0 Å². The number of alkyl halides is 1. The summed E-state index contributed by atoms with van der Waals surface area (Å²) in [5.74, 6) is 0.253. The number of hydrogen-bond acceptors (Lipinski definition) is 1. The maximum atomic E-state index is 11.8. The maximum Gasteiger partial charge on any atom is 0.223 e. The highest BCUT2D eigenvalue weighted by Crippen LogP contribution is 2.22. The predicted molar refractivity (Wildman–Crippen MR) is 59.5 cm³/mol. The van der Waals surface area contributed by atoms with Crippen molar-refractivity contribution in [2.24, 2.45) is 5.41 Å². The minimum atomic E-state index is 0.0797. The molecule has 0 N–H and O–H groups in total. The highest BCUT2D eigenvalue weighted by atomic mass is 35.5. The molecule has 1 fully saturated rings. The van der Waals surface area contributed by atoms with Gasteiger partial charge in [0.05, 0.1) is 5.38 Å². The van der Waals surface area contributed by atoms with E-state index in [-0.39, 0.29) is 16.7 Å². The summed E-state index contributed by atoms with van der Waals surface area (Å²) in [5, 5.41) is 0.160. The van der Waals surface area contributed by atoms with Crippen molar-refractivity contribution < 1.29 is 4.79 Å². The lowest BCUT2D eigenvalue weighted by Crippen LogP contribution is -2.41. The van der Waals surface area contributed by atoms with Crippen molar-refractivity contribution in [3.8, 4) is 0 Å². The second-order valence-electron chi connectivity index (χ2n) is 5.32. The molecule has 2 nitrogen and oxygen atoms in total. The molecule has 1 aliphatic rings. The van der Waals surface area contributed by atoms with Crippen molar-refractivity contribution in [2.75, 3.05) is 13.1 Å². The van der Waals surface area contributed by atoms with Crippen LogP contribution >= 0.6 is 11.6 Å². The molecule has 0 spiro atoms. The van der Waals surface area contributed by atoms with Crippen LogP contribution in [-0.2, 0) is 4.79 Å². The topological polar surface area (TPSA) is 20.3 Å². The molecule has 0 aromatic rings. The number of hydrogen-bond donors (Lipinski definition) is 0. The van der Waals surface area contributed by atoms with Gasteiger partial charge in [-0.15, -0.1) is 11.6 Å². The van der Waals surface area contributed by atoms with Crippen LogP contribution in [-0.4, -0.2) is 29.3 Å². The van der Waals surface area contributed by atoms with Gasteiger partial charge in [-0.1, -0.05) is 20.8 Å². The van der Waals surface area contributed by atoms with Gasteiger partial charge in [-0.05, 0) is 18.3 Å². The van der Waals surface area contributed by atoms with Crippen LogP contribution in [0, 0.1) is 5.41 Å². The number of halogens is 1. The van der Waals surface area contributed by atoms with Crippen molar-refractivity contribution in [1.82, 2.24) is 4.90 Å². The van der Waals surface area contributed by atoms with Gasteiger partial charge in [0.1, 0.15) is 0 Å². The summed E-state index contributed by atoms with van der Waals surface area (Å²) in [7, 11) is 0. The van der Waals surface area contributed by atoms with Gasteiger partial charge in [-0.3, -0.25) is 4.79 Å². The van der Waals surface area contributed by atoms with Crippen molar-refractivity contribution in [3.05, 3.63) is 0 Å². The van der Waals surface area contributed by atoms with E-state index < -0.39 is 0 Å². The molecule has 3 heteroatoms. The molecule has 82 valence electrons. The first-order valence-electron chi connectivity index (χ1n) is 5.30. The van der Waals surface area contributed by atoms with E-state index in [0.717, 1.165) is 25.9 Å². The van der Waals surface area contributed by atoms with Crippen molar-refractivity contribution in [1.29, 1.82) is 0 Å². The predicted octanol–water partition coefficient (Wildman–Crippen LogP) is 2.65. The normalized spacial score (nSPS) is 23.7. The molecular formula is C11H20ClNO. The van der Waals surface area contributed by atoms with Gasteiger partial charge in [0.25, 0.3) is 0 Å². The zero-order chi connectivity index (χ0) is 10.8. The fourth-order valence-corrected chi connectivity index (χ4v) is 2.04. The maximum absolute atomic E-state index is 11.8. The monoisotopic (exact) mass is 217 g/mol. The van der Waals surface area contributed by atoms with Crippen LogP contribution < -0.4 is 0 Å². The Hall–Kier alpha value is -0.240. The van der Waals surface area contributed by atoms with Gasteiger partial charge in [0.2, 0.25) is 5.91 Å². The second kappa shape index (κ2) is 4.52. The van der Waals surface area contributed by atoms with E-state index in [1.807, 2.05) is 4.90 Å². The Bertz CT molecular complexity index is 210. The Morgan fingerprint density at radius 2 is 2.14 bits per heavy atom. The SMILES string of the molecule is CC(C)(C)CC(=O)N1CCCC(Cl)C1. The first-order chi connectivity index (χ1) is 6.38. The Balaban J connectivity index is 2.44. The fourth-order valence-electron chi connectivity index (χ4n) is 1.72. The number of likely N-dealkylation sites (tertiary alicyclic amines) is 1. The molecule has 1 rings (SSSR count). The summed E-state index contributed by atoms with van der Waals surface area (Å²) in [6.45, 7) is 7.89. The van der Waals surface area contributed by atoms with E-state index in [2.05, 4.69) is 20.8 Å². The third-order valence-electron chi connectivity index (χ3n) is 2.40. The van der Waals surface area contributed by atoms with Crippen LogP contribution in [0.2, 0.25) is 0 Å². The molecule has 1 saturated heterocycles. The van der Waals surface area contributed by atoms with Crippen molar-refractivity contribution in [3.63, 3.8) is 0 Å². The quantitative estimate of drug-likeness (QED) is 0.619. The van der Waals surface area contributed by atoms with Crippen molar-refractivity contribution in [2.45, 2.75) is 45.4 Å². The lowest BCUT2D eigenvalue weighted by molar-refractivity contribution is -0.133. The van der Waals surface area contributed by atoms with Gasteiger partial charge in [0, 0.05) is 19.5 Å².